The Labute approximate surface area is 137 Å². The van der Waals surface area contributed by atoms with Crippen molar-refractivity contribution in [1.82, 2.24) is 10.6 Å². The largest absolute Gasteiger partial charge is 0.338 e. The third-order valence-electron chi connectivity index (χ3n) is 5.11. The summed E-state index contributed by atoms with van der Waals surface area (Å²) in [7, 11) is -3.15. The lowest BCUT2D eigenvalue weighted by Gasteiger charge is -2.23. The van der Waals surface area contributed by atoms with Crippen LogP contribution >= 0.6 is 0 Å². The summed E-state index contributed by atoms with van der Waals surface area (Å²) in [6.45, 7) is 0.546. The molecule has 3 rings (SSSR count). The molecule has 2 saturated carbocycles. The molecule has 0 radical (unpaired) electrons. The van der Waals surface area contributed by atoms with Crippen molar-refractivity contribution in [3.05, 3.63) is 29.8 Å². The van der Waals surface area contributed by atoms with Gasteiger partial charge in [0.15, 0.2) is 9.84 Å². The van der Waals surface area contributed by atoms with E-state index in [4.69, 9.17) is 0 Å². The second kappa shape index (κ2) is 6.51. The van der Waals surface area contributed by atoms with Gasteiger partial charge in [0.05, 0.1) is 4.90 Å². The molecule has 2 aliphatic carbocycles. The predicted octanol–water partition coefficient (Wildman–Crippen LogP) is 2.12. The number of carbonyl (C=O) groups is 1. The van der Waals surface area contributed by atoms with E-state index in [1.807, 2.05) is 0 Å². The fraction of sp³-hybridized carbons (Fsp3) is 0.588. The average molecular weight is 336 g/mol. The highest BCUT2D eigenvalue weighted by atomic mass is 32.2. The van der Waals surface area contributed by atoms with Crippen LogP contribution in [0.5, 0.6) is 0 Å². The molecule has 5 nitrogen and oxygen atoms in total. The van der Waals surface area contributed by atoms with E-state index < -0.39 is 9.84 Å². The fourth-order valence-corrected chi connectivity index (χ4v) is 4.50. The van der Waals surface area contributed by atoms with E-state index in [-0.39, 0.29) is 6.03 Å². The molecule has 1 aromatic carbocycles. The van der Waals surface area contributed by atoms with Crippen LogP contribution in [0.1, 0.15) is 31.2 Å². The Bertz CT molecular complexity index is 670. The number of rotatable bonds is 5. The zero-order valence-corrected chi connectivity index (χ0v) is 14.2. The first-order chi connectivity index (χ1) is 10.9. The Morgan fingerprint density at radius 1 is 1.17 bits per heavy atom. The first-order valence-electron chi connectivity index (χ1n) is 8.25. The number of urea groups is 1. The Balaban J connectivity index is 1.41. The van der Waals surface area contributed by atoms with Crippen LogP contribution in [0.25, 0.3) is 0 Å². The van der Waals surface area contributed by atoms with Crippen LogP contribution in [0.3, 0.4) is 0 Å². The average Bonchev–Trinajstić information content (AvgIpc) is 3.09. The van der Waals surface area contributed by atoms with Gasteiger partial charge >= 0.3 is 6.03 Å². The minimum atomic E-state index is -3.15. The maximum Gasteiger partial charge on any atom is 0.315 e. The van der Waals surface area contributed by atoms with Crippen molar-refractivity contribution in [1.29, 1.82) is 0 Å². The van der Waals surface area contributed by atoms with Crippen molar-refractivity contribution >= 4 is 15.9 Å². The maximum absolute atomic E-state index is 11.9. The molecule has 126 valence electrons. The summed E-state index contributed by atoms with van der Waals surface area (Å²) < 4.78 is 22.8. The van der Waals surface area contributed by atoms with Gasteiger partial charge < -0.3 is 10.6 Å². The molecule has 3 unspecified atom stereocenters. The minimum Gasteiger partial charge on any atom is -0.338 e. The van der Waals surface area contributed by atoms with Gasteiger partial charge in [-0.3, -0.25) is 0 Å². The molecule has 0 aromatic heterocycles. The van der Waals surface area contributed by atoms with E-state index in [9.17, 15) is 13.2 Å². The lowest BCUT2D eigenvalue weighted by Crippen LogP contribution is -2.44. The Hall–Kier alpha value is -1.56. The molecular weight excluding hydrogens is 312 g/mol. The highest BCUT2D eigenvalue weighted by Crippen LogP contribution is 2.44. The van der Waals surface area contributed by atoms with Crippen molar-refractivity contribution in [3.8, 4) is 0 Å². The van der Waals surface area contributed by atoms with Gasteiger partial charge in [0, 0.05) is 18.8 Å². The molecule has 0 saturated heterocycles. The van der Waals surface area contributed by atoms with Crippen molar-refractivity contribution in [2.24, 2.45) is 11.8 Å². The Morgan fingerprint density at radius 3 is 2.48 bits per heavy atom. The molecule has 2 bridgehead atoms. The molecule has 23 heavy (non-hydrogen) atoms. The highest BCUT2D eigenvalue weighted by Gasteiger charge is 2.39. The van der Waals surface area contributed by atoms with Crippen LogP contribution in [-0.2, 0) is 16.3 Å². The smallest absolute Gasteiger partial charge is 0.315 e. The van der Waals surface area contributed by atoms with Crippen LogP contribution in [0.2, 0.25) is 0 Å². The third kappa shape index (κ3) is 4.05. The van der Waals surface area contributed by atoms with Gasteiger partial charge in [0.25, 0.3) is 0 Å². The monoisotopic (exact) mass is 336 g/mol. The van der Waals surface area contributed by atoms with Crippen LogP contribution in [0, 0.1) is 11.8 Å². The molecule has 2 amide bonds. The third-order valence-corrected chi connectivity index (χ3v) is 6.23. The molecule has 0 aliphatic heterocycles. The molecule has 6 heteroatoms. The van der Waals surface area contributed by atoms with Crippen LogP contribution in [-0.4, -0.2) is 33.3 Å². The lowest BCUT2D eigenvalue weighted by atomic mass is 9.95. The maximum atomic E-state index is 11.9. The summed E-state index contributed by atoms with van der Waals surface area (Å²) in [6, 6.07) is 7.08. The van der Waals surface area contributed by atoms with Crippen LogP contribution in [0.15, 0.2) is 29.2 Å². The quantitative estimate of drug-likeness (QED) is 0.865. The number of carbonyl (C=O) groups excluding carboxylic acids is 1. The standard InChI is InChI=1S/C17H24N2O3S/c1-23(21,22)15-6-3-12(4-7-15)8-9-18-17(20)19-16-11-13-2-5-14(16)10-13/h3-4,6-7,13-14,16H,2,5,8-11H2,1H3,(H2,18,19,20). The fourth-order valence-electron chi connectivity index (χ4n) is 3.86. The molecule has 2 fully saturated rings. The normalized spacial score (nSPS) is 26.2. The summed E-state index contributed by atoms with van der Waals surface area (Å²) in [5.41, 5.74) is 1.01. The Kier molecular flexibility index (Phi) is 4.62. The van der Waals surface area contributed by atoms with Crippen LogP contribution in [0.4, 0.5) is 4.79 Å². The molecule has 3 atom stereocenters. The van der Waals surface area contributed by atoms with Gasteiger partial charge in [0.2, 0.25) is 0 Å². The van der Waals surface area contributed by atoms with E-state index in [2.05, 4.69) is 10.6 Å². The topological polar surface area (TPSA) is 75.3 Å². The van der Waals surface area contributed by atoms with E-state index in [0.29, 0.717) is 29.8 Å². The molecule has 1 aromatic rings. The Morgan fingerprint density at radius 2 is 1.91 bits per heavy atom. The minimum absolute atomic E-state index is 0.0877. The van der Waals surface area contributed by atoms with E-state index in [0.717, 1.165) is 17.9 Å². The van der Waals surface area contributed by atoms with Gasteiger partial charge in [-0.05, 0) is 55.2 Å². The first-order valence-corrected chi connectivity index (χ1v) is 10.1. The number of fused-ring (bicyclic) bond motifs is 2. The molecule has 2 N–H and O–H groups in total. The first kappa shape index (κ1) is 16.3. The zero-order valence-electron chi connectivity index (χ0n) is 13.4. The number of hydrogen-bond donors (Lipinski definition) is 2. The van der Waals surface area contributed by atoms with Crippen molar-refractivity contribution in [3.63, 3.8) is 0 Å². The van der Waals surface area contributed by atoms with Crippen molar-refractivity contribution in [2.75, 3.05) is 12.8 Å². The lowest BCUT2D eigenvalue weighted by molar-refractivity contribution is 0.231. The zero-order chi connectivity index (χ0) is 16.4. The SMILES string of the molecule is CS(=O)(=O)c1ccc(CCNC(=O)NC2CC3CCC2C3)cc1. The van der Waals surface area contributed by atoms with E-state index in [1.54, 1.807) is 24.3 Å². The number of hydrogen-bond acceptors (Lipinski definition) is 3. The molecule has 2 aliphatic rings. The molecule has 0 spiro atoms. The molecule has 0 heterocycles. The van der Waals surface area contributed by atoms with Crippen LogP contribution < -0.4 is 10.6 Å². The summed E-state index contributed by atoms with van der Waals surface area (Å²) >= 11 is 0. The predicted molar refractivity (Wildman–Crippen MR) is 89.0 cm³/mol. The number of benzene rings is 1. The summed E-state index contributed by atoms with van der Waals surface area (Å²) in [5.74, 6) is 1.49. The highest BCUT2D eigenvalue weighted by molar-refractivity contribution is 7.90. The summed E-state index contributed by atoms with van der Waals surface area (Å²) in [6.07, 6.45) is 6.87. The van der Waals surface area contributed by atoms with Gasteiger partial charge in [-0.25, -0.2) is 13.2 Å². The van der Waals surface area contributed by atoms with E-state index >= 15 is 0 Å². The van der Waals surface area contributed by atoms with Crippen molar-refractivity contribution in [2.45, 2.75) is 43.0 Å². The van der Waals surface area contributed by atoms with Gasteiger partial charge in [-0.2, -0.15) is 0 Å². The van der Waals surface area contributed by atoms with Gasteiger partial charge in [0.1, 0.15) is 0 Å². The van der Waals surface area contributed by atoms with E-state index in [1.165, 1.54) is 25.5 Å². The summed E-state index contributed by atoms with van der Waals surface area (Å²) in [5, 5.41) is 5.99. The van der Waals surface area contributed by atoms with Gasteiger partial charge in [-0.15, -0.1) is 0 Å². The summed E-state index contributed by atoms with van der Waals surface area (Å²) in [4.78, 5) is 12.3. The molecular formula is C17H24N2O3S. The number of nitrogens with one attached hydrogen (secondary N) is 2. The number of amides is 2. The second-order valence-electron chi connectivity index (χ2n) is 6.85. The second-order valence-corrected chi connectivity index (χ2v) is 8.86. The van der Waals surface area contributed by atoms with Gasteiger partial charge in [-0.1, -0.05) is 18.6 Å². The van der Waals surface area contributed by atoms with Crippen molar-refractivity contribution < 1.29 is 13.2 Å². The number of sulfone groups is 1.